The summed E-state index contributed by atoms with van der Waals surface area (Å²) in [6.07, 6.45) is 7.34. The summed E-state index contributed by atoms with van der Waals surface area (Å²) in [4.78, 5) is 11.6. The third-order valence-corrected chi connectivity index (χ3v) is 6.07. The van der Waals surface area contributed by atoms with E-state index in [1.807, 2.05) is 6.92 Å². The van der Waals surface area contributed by atoms with Gasteiger partial charge in [0.25, 0.3) is 0 Å². The van der Waals surface area contributed by atoms with Crippen molar-refractivity contribution in [2.45, 2.75) is 51.5 Å². The van der Waals surface area contributed by atoms with E-state index in [9.17, 15) is 0 Å². The Bertz CT molecular complexity index is 653. The minimum atomic E-state index is 0.522. The number of thiophene rings is 1. The summed E-state index contributed by atoms with van der Waals surface area (Å²) < 4.78 is 0. The highest BCUT2D eigenvalue weighted by molar-refractivity contribution is 7.16. The molecule has 2 aromatic rings. The Morgan fingerprint density at radius 2 is 2.17 bits per heavy atom. The third-order valence-electron chi connectivity index (χ3n) is 4.13. The molecule has 0 amide bonds. The molecular formula is C17H24N4S2. The van der Waals surface area contributed by atoms with E-state index < -0.39 is 0 Å². The van der Waals surface area contributed by atoms with Gasteiger partial charge in [-0.25, -0.2) is 4.98 Å². The van der Waals surface area contributed by atoms with Crippen molar-refractivity contribution in [3.63, 3.8) is 0 Å². The number of hydrogen-bond donors (Lipinski definition) is 2. The maximum absolute atomic E-state index is 6.00. The summed E-state index contributed by atoms with van der Waals surface area (Å²) in [7, 11) is 0. The van der Waals surface area contributed by atoms with Crippen LogP contribution in [0.4, 0.5) is 0 Å². The number of rotatable bonds is 5. The predicted molar refractivity (Wildman–Crippen MR) is 100 cm³/mol. The standard InChI is InChI=1S/C17H24N4S2/c1-12-20-15(11-22-12)16-8-7-14(23-16)9-10-19-17(18)21-13-5-3-2-4-6-13/h7-8,11,13H,2-6,9-10H2,1H3,(H3,18,19,21). The van der Waals surface area contributed by atoms with Crippen LogP contribution in [0.2, 0.25) is 0 Å². The average molecular weight is 349 g/mol. The van der Waals surface area contributed by atoms with E-state index in [-0.39, 0.29) is 0 Å². The van der Waals surface area contributed by atoms with Crippen LogP contribution in [0.3, 0.4) is 0 Å². The second kappa shape index (κ2) is 7.93. The van der Waals surface area contributed by atoms with E-state index in [1.165, 1.54) is 41.9 Å². The van der Waals surface area contributed by atoms with Crippen molar-refractivity contribution in [2.24, 2.45) is 10.7 Å². The summed E-state index contributed by atoms with van der Waals surface area (Å²) in [6.45, 7) is 2.78. The molecule has 2 heterocycles. The maximum Gasteiger partial charge on any atom is 0.188 e. The molecule has 4 nitrogen and oxygen atoms in total. The van der Waals surface area contributed by atoms with Crippen LogP contribution in [0.25, 0.3) is 10.6 Å². The maximum atomic E-state index is 6.00. The first-order chi connectivity index (χ1) is 11.2. The molecule has 1 fully saturated rings. The van der Waals surface area contributed by atoms with Crippen LogP contribution in [0.15, 0.2) is 22.5 Å². The minimum absolute atomic E-state index is 0.522. The minimum Gasteiger partial charge on any atom is -0.370 e. The first kappa shape index (κ1) is 16.5. The molecule has 0 aromatic carbocycles. The number of guanidine groups is 1. The quantitative estimate of drug-likeness (QED) is 0.635. The Balaban J connectivity index is 1.48. The lowest BCUT2D eigenvalue weighted by molar-refractivity contribution is 0.412. The zero-order valence-corrected chi connectivity index (χ0v) is 15.2. The van der Waals surface area contributed by atoms with Crippen molar-refractivity contribution in [2.75, 3.05) is 6.54 Å². The Labute approximate surface area is 145 Å². The van der Waals surface area contributed by atoms with Gasteiger partial charge in [-0.3, -0.25) is 4.99 Å². The Kier molecular flexibility index (Phi) is 5.67. The lowest BCUT2D eigenvalue weighted by atomic mass is 9.96. The van der Waals surface area contributed by atoms with Crippen molar-refractivity contribution in [1.82, 2.24) is 10.3 Å². The number of nitrogens with zero attached hydrogens (tertiary/aromatic N) is 2. The van der Waals surface area contributed by atoms with Crippen LogP contribution in [0.1, 0.15) is 42.0 Å². The van der Waals surface area contributed by atoms with Gasteiger partial charge in [0.2, 0.25) is 0 Å². The molecule has 2 aromatic heterocycles. The zero-order chi connectivity index (χ0) is 16.1. The molecule has 23 heavy (non-hydrogen) atoms. The van der Waals surface area contributed by atoms with Gasteiger partial charge in [-0.2, -0.15) is 0 Å². The molecule has 0 atom stereocenters. The Hall–Kier alpha value is -1.40. The van der Waals surface area contributed by atoms with E-state index >= 15 is 0 Å². The van der Waals surface area contributed by atoms with Gasteiger partial charge in [0, 0.05) is 29.3 Å². The zero-order valence-electron chi connectivity index (χ0n) is 13.5. The van der Waals surface area contributed by atoms with Crippen molar-refractivity contribution < 1.29 is 0 Å². The van der Waals surface area contributed by atoms with Gasteiger partial charge >= 0.3 is 0 Å². The fourth-order valence-corrected chi connectivity index (χ4v) is 4.56. The Morgan fingerprint density at radius 3 is 2.91 bits per heavy atom. The smallest absolute Gasteiger partial charge is 0.188 e. The molecule has 1 saturated carbocycles. The van der Waals surface area contributed by atoms with Crippen molar-refractivity contribution >= 4 is 28.6 Å². The molecule has 0 saturated heterocycles. The summed E-state index contributed by atoms with van der Waals surface area (Å²) in [6, 6.07) is 4.85. The number of thiazole rings is 1. The normalized spacial score (nSPS) is 16.7. The monoisotopic (exact) mass is 348 g/mol. The molecule has 0 bridgehead atoms. The summed E-state index contributed by atoms with van der Waals surface area (Å²) in [5.41, 5.74) is 7.09. The molecular weight excluding hydrogens is 324 g/mol. The molecule has 3 rings (SSSR count). The largest absolute Gasteiger partial charge is 0.370 e. The average Bonchev–Trinajstić information content (AvgIpc) is 3.17. The second-order valence-corrected chi connectivity index (χ2v) is 8.24. The predicted octanol–water partition coefficient (Wildman–Crippen LogP) is 3.96. The van der Waals surface area contributed by atoms with Crippen LogP contribution in [-0.4, -0.2) is 23.5 Å². The second-order valence-electron chi connectivity index (χ2n) is 6.01. The van der Waals surface area contributed by atoms with E-state index in [1.54, 1.807) is 22.7 Å². The summed E-state index contributed by atoms with van der Waals surface area (Å²) in [5.74, 6) is 0.601. The first-order valence-corrected chi connectivity index (χ1v) is 9.98. The van der Waals surface area contributed by atoms with E-state index in [4.69, 9.17) is 5.73 Å². The fraction of sp³-hybridized carbons (Fsp3) is 0.529. The number of hydrogen-bond acceptors (Lipinski definition) is 4. The van der Waals surface area contributed by atoms with E-state index in [0.717, 1.165) is 23.7 Å². The molecule has 124 valence electrons. The molecule has 1 aliphatic rings. The highest BCUT2D eigenvalue weighted by atomic mass is 32.1. The number of aryl methyl sites for hydroxylation is 1. The highest BCUT2D eigenvalue weighted by Gasteiger charge is 2.13. The van der Waals surface area contributed by atoms with Crippen LogP contribution in [0.5, 0.6) is 0 Å². The topological polar surface area (TPSA) is 63.3 Å². The van der Waals surface area contributed by atoms with Gasteiger partial charge in [0.15, 0.2) is 5.96 Å². The van der Waals surface area contributed by atoms with Crippen LogP contribution in [0, 0.1) is 6.92 Å². The van der Waals surface area contributed by atoms with Gasteiger partial charge in [-0.1, -0.05) is 19.3 Å². The fourth-order valence-electron chi connectivity index (χ4n) is 2.91. The lowest BCUT2D eigenvalue weighted by Gasteiger charge is -2.23. The number of nitrogens with one attached hydrogen (secondary N) is 1. The van der Waals surface area contributed by atoms with Gasteiger partial charge in [-0.15, -0.1) is 22.7 Å². The first-order valence-electron chi connectivity index (χ1n) is 8.28. The number of aliphatic imine (C=N–C) groups is 1. The highest BCUT2D eigenvalue weighted by Crippen LogP contribution is 2.29. The molecule has 0 unspecified atom stereocenters. The summed E-state index contributed by atoms with van der Waals surface area (Å²) in [5, 5.41) is 6.59. The van der Waals surface area contributed by atoms with Crippen LogP contribution >= 0.6 is 22.7 Å². The van der Waals surface area contributed by atoms with Crippen LogP contribution < -0.4 is 11.1 Å². The lowest BCUT2D eigenvalue weighted by Crippen LogP contribution is -2.41. The molecule has 1 aliphatic carbocycles. The molecule has 0 spiro atoms. The van der Waals surface area contributed by atoms with Gasteiger partial charge in [0.05, 0.1) is 15.6 Å². The van der Waals surface area contributed by atoms with Gasteiger partial charge in [0.1, 0.15) is 0 Å². The van der Waals surface area contributed by atoms with E-state index in [0.29, 0.717) is 12.0 Å². The number of aromatic nitrogens is 1. The molecule has 0 aliphatic heterocycles. The van der Waals surface area contributed by atoms with Crippen molar-refractivity contribution in [3.05, 3.63) is 27.4 Å². The SMILES string of the molecule is Cc1nc(-c2ccc(CCN=C(N)NC3CCCCC3)s2)cs1. The van der Waals surface area contributed by atoms with Gasteiger partial charge in [-0.05, 0) is 31.9 Å². The third kappa shape index (κ3) is 4.78. The molecule has 3 N–H and O–H groups in total. The molecule has 0 radical (unpaired) electrons. The van der Waals surface area contributed by atoms with Crippen LogP contribution in [-0.2, 0) is 6.42 Å². The van der Waals surface area contributed by atoms with Crippen molar-refractivity contribution in [3.8, 4) is 10.6 Å². The van der Waals surface area contributed by atoms with Gasteiger partial charge < -0.3 is 11.1 Å². The Morgan fingerprint density at radius 1 is 1.35 bits per heavy atom. The number of nitrogens with two attached hydrogens (primary N) is 1. The van der Waals surface area contributed by atoms with E-state index in [2.05, 4.69) is 32.8 Å². The summed E-state index contributed by atoms with van der Waals surface area (Å²) >= 11 is 3.50. The molecule has 6 heteroatoms. The van der Waals surface area contributed by atoms with Crippen molar-refractivity contribution in [1.29, 1.82) is 0 Å².